The molecule has 0 atom stereocenters. The summed E-state index contributed by atoms with van der Waals surface area (Å²) in [6.45, 7) is 2.00. The third-order valence-corrected chi connectivity index (χ3v) is 5.37. The van der Waals surface area contributed by atoms with E-state index in [9.17, 15) is 0 Å². The van der Waals surface area contributed by atoms with Gasteiger partial charge in [0, 0.05) is 39.5 Å². The van der Waals surface area contributed by atoms with E-state index in [-0.39, 0.29) is 0 Å². The first kappa shape index (κ1) is 17.6. The number of fused-ring (bicyclic) bond motifs is 8. The van der Waals surface area contributed by atoms with Crippen molar-refractivity contribution >= 4 is 45.9 Å². The molecule has 148 valence electrons. The summed E-state index contributed by atoms with van der Waals surface area (Å²) in [5, 5.41) is 0. The van der Waals surface area contributed by atoms with E-state index >= 15 is 0 Å². The second-order valence-corrected chi connectivity index (χ2v) is 7.78. The van der Waals surface area contributed by atoms with Crippen LogP contribution in [-0.4, -0.2) is 24.9 Å². The van der Waals surface area contributed by atoms with E-state index in [0.717, 1.165) is 61.7 Å². The van der Waals surface area contributed by atoms with Crippen LogP contribution >= 0.6 is 0 Å². The molecule has 31 heavy (non-hydrogen) atoms. The molecule has 0 unspecified atom stereocenters. The lowest BCUT2D eigenvalue weighted by atomic mass is 10.0. The molecule has 0 aromatic carbocycles. The van der Waals surface area contributed by atoms with E-state index in [1.54, 1.807) is 0 Å². The number of hydrogen-bond donors (Lipinski definition) is 2. The number of aromatic amines is 2. The van der Waals surface area contributed by atoms with Crippen molar-refractivity contribution < 1.29 is 0 Å². The molecule has 2 aliphatic heterocycles. The Morgan fingerprint density at radius 1 is 0.645 bits per heavy atom. The van der Waals surface area contributed by atoms with Crippen LogP contribution in [-0.2, 0) is 0 Å². The molecule has 5 nitrogen and oxygen atoms in total. The minimum atomic E-state index is 0.906. The van der Waals surface area contributed by atoms with Gasteiger partial charge >= 0.3 is 0 Å². The van der Waals surface area contributed by atoms with Gasteiger partial charge in [0.15, 0.2) is 0 Å². The number of aryl methyl sites for hydroxylation is 1. The van der Waals surface area contributed by atoms with Gasteiger partial charge in [-0.25, -0.2) is 9.97 Å². The highest BCUT2D eigenvalue weighted by Gasteiger charge is 2.13. The van der Waals surface area contributed by atoms with E-state index < -0.39 is 0 Å². The van der Waals surface area contributed by atoms with E-state index in [0.29, 0.717) is 0 Å². The molecule has 5 heteroatoms. The summed E-state index contributed by atoms with van der Waals surface area (Å²) in [6.07, 6.45) is 8.02. The lowest BCUT2D eigenvalue weighted by molar-refractivity contribution is 1.19. The maximum Gasteiger partial charge on any atom is 0.0736 e. The van der Waals surface area contributed by atoms with Gasteiger partial charge in [-0.3, -0.25) is 4.98 Å². The summed E-state index contributed by atoms with van der Waals surface area (Å²) in [7, 11) is 0. The monoisotopic (exact) mass is 401 g/mol. The Morgan fingerprint density at radius 2 is 1.26 bits per heavy atom. The summed E-state index contributed by atoms with van der Waals surface area (Å²) in [5.41, 5.74) is 10.9. The quantitative estimate of drug-likeness (QED) is 0.367. The fourth-order valence-corrected chi connectivity index (χ4v) is 3.96. The van der Waals surface area contributed by atoms with Crippen LogP contribution in [0.5, 0.6) is 0 Å². The number of H-pyrrole nitrogens is 2. The molecule has 8 bridgehead atoms. The van der Waals surface area contributed by atoms with Gasteiger partial charge in [0.1, 0.15) is 0 Å². The Kier molecular flexibility index (Phi) is 3.93. The van der Waals surface area contributed by atoms with Gasteiger partial charge in [-0.2, -0.15) is 0 Å². The predicted molar refractivity (Wildman–Crippen MR) is 126 cm³/mol. The summed E-state index contributed by atoms with van der Waals surface area (Å²) in [6, 6.07) is 20.6. The molecule has 0 aliphatic carbocycles. The summed E-state index contributed by atoms with van der Waals surface area (Å²) >= 11 is 0. The first-order valence-electron chi connectivity index (χ1n) is 10.2. The van der Waals surface area contributed by atoms with Gasteiger partial charge in [0.05, 0.1) is 22.8 Å². The van der Waals surface area contributed by atoms with Crippen molar-refractivity contribution in [2.45, 2.75) is 6.92 Å². The number of nitrogens with zero attached hydrogens (tertiary/aromatic N) is 3. The molecule has 6 heterocycles. The molecule has 6 rings (SSSR count). The number of aromatic nitrogens is 5. The van der Waals surface area contributed by atoms with Crippen molar-refractivity contribution in [1.29, 1.82) is 0 Å². The van der Waals surface area contributed by atoms with Crippen LogP contribution in [0.1, 0.15) is 34.0 Å². The zero-order valence-electron chi connectivity index (χ0n) is 16.9. The average molecular weight is 401 g/mol. The lowest BCUT2D eigenvalue weighted by Gasteiger charge is -2.02. The molecule has 4 aromatic rings. The smallest absolute Gasteiger partial charge is 0.0736 e. The highest BCUT2D eigenvalue weighted by Crippen LogP contribution is 2.29. The molecule has 2 aliphatic rings. The fourth-order valence-electron chi connectivity index (χ4n) is 3.96. The van der Waals surface area contributed by atoms with Crippen molar-refractivity contribution in [3.63, 3.8) is 0 Å². The summed E-state index contributed by atoms with van der Waals surface area (Å²) < 4.78 is 0. The predicted octanol–water partition coefficient (Wildman–Crippen LogP) is 5.78. The Labute approximate surface area is 178 Å². The van der Waals surface area contributed by atoms with Crippen molar-refractivity contribution in [2.75, 3.05) is 0 Å². The molecular formula is C26H19N5. The highest BCUT2D eigenvalue weighted by atomic mass is 14.8. The largest absolute Gasteiger partial charge is 0.355 e. The van der Waals surface area contributed by atoms with E-state index in [1.165, 1.54) is 0 Å². The minimum Gasteiger partial charge on any atom is -0.355 e. The zero-order valence-corrected chi connectivity index (χ0v) is 16.9. The summed E-state index contributed by atoms with van der Waals surface area (Å²) in [4.78, 5) is 20.8. The van der Waals surface area contributed by atoms with Crippen LogP contribution < -0.4 is 0 Å². The van der Waals surface area contributed by atoms with Crippen molar-refractivity contribution in [1.82, 2.24) is 24.9 Å². The lowest BCUT2D eigenvalue weighted by Crippen LogP contribution is -1.88. The van der Waals surface area contributed by atoms with Gasteiger partial charge in [0.25, 0.3) is 0 Å². The van der Waals surface area contributed by atoms with Gasteiger partial charge in [-0.05, 0) is 91.4 Å². The van der Waals surface area contributed by atoms with Crippen molar-refractivity contribution in [3.05, 3.63) is 101 Å². The van der Waals surface area contributed by atoms with Crippen LogP contribution in [0, 0.1) is 6.92 Å². The number of hydrogen-bond acceptors (Lipinski definition) is 3. The van der Waals surface area contributed by atoms with E-state index in [4.69, 9.17) is 9.97 Å². The Balaban J connectivity index is 1.65. The van der Waals surface area contributed by atoms with Crippen molar-refractivity contribution in [3.8, 4) is 0 Å². The SMILES string of the molecule is Cc1cc(C2=Cc3cc4ccc(cc5nc(cc6ccc(cc2n3)[nH]6)C=C5)[nH]4)ccn1. The highest BCUT2D eigenvalue weighted by molar-refractivity contribution is 5.93. The van der Waals surface area contributed by atoms with Gasteiger partial charge < -0.3 is 9.97 Å². The van der Waals surface area contributed by atoms with Crippen LogP contribution in [0.25, 0.3) is 45.9 Å². The fraction of sp³-hybridized carbons (Fsp3) is 0.0385. The van der Waals surface area contributed by atoms with Crippen molar-refractivity contribution in [2.24, 2.45) is 0 Å². The first-order valence-corrected chi connectivity index (χ1v) is 10.2. The normalized spacial score (nSPS) is 12.7. The third-order valence-electron chi connectivity index (χ3n) is 5.37. The maximum absolute atomic E-state index is 4.92. The molecule has 4 aromatic heterocycles. The Bertz CT molecular complexity index is 1550. The molecule has 0 fully saturated rings. The maximum atomic E-state index is 4.92. The number of pyridine rings is 1. The molecular weight excluding hydrogens is 382 g/mol. The zero-order chi connectivity index (χ0) is 20.8. The van der Waals surface area contributed by atoms with Crippen LogP contribution in [0.3, 0.4) is 0 Å². The van der Waals surface area contributed by atoms with Crippen LogP contribution in [0.15, 0.2) is 66.9 Å². The number of nitrogens with one attached hydrogen (secondary N) is 2. The van der Waals surface area contributed by atoms with Crippen LogP contribution in [0.2, 0.25) is 0 Å². The molecule has 2 N–H and O–H groups in total. The third kappa shape index (κ3) is 3.46. The Hall–Kier alpha value is -4.25. The summed E-state index contributed by atoms with van der Waals surface area (Å²) in [5.74, 6) is 0. The topological polar surface area (TPSA) is 70.2 Å². The molecule has 0 spiro atoms. The molecule has 0 radical (unpaired) electrons. The van der Waals surface area contributed by atoms with E-state index in [1.807, 2.05) is 43.5 Å². The average Bonchev–Trinajstić information content (AvgIpc) is 3.53. The first-order chi connectivity index (χ1) is 15.2. The van der Waals surface area contributed by atoms with Crippen LogP contribution in [0.4, 0.5) is 0 Å². The van der Waals surface area contributed by atoms with Gasteiger partial charge in [-0.1, -0.05) is 0 Å². The number of rotatable bonds is 1. The molecule has 0 amide bonds. The van der Waals surface area contributed by atoms with Gasteiger partial charge in [0.2, 0.25) is 0 Å². The standard InChI is InChI=1S/C26H19N5/c1-16-10-17(8-9-27-16)25-14-24-13-22-5-4-20(29-22)11-18-2-3-19(28-18)12-21-6-7-23(30-21)15-26(25)31-24/h2-15,29-30H,1H3. The van der Waals surface area contributed by atoms with E-state index in [2.05, 4.69) is 63.5 Å². The minimum absolute atomic E-state index is 0.906. The molecule has 0 saturated carbocycles. The van der Waals surface area contributed by atoms with Gasteiger partial charge in [-0.15, -0.1) is 0 Å². The molecule has 0 saturated heterocycles. The second kappa shape index (κ2) is 6.92. The second-order valence-electron chi connectivity index (χ2n) is 7.78. The Morgan fingerprint density at radius 3 is 1.90 bits per heavy atom.